The van der Waals surface area contributed by atoms with E-state index in [-0.39, 0.29) is 22.1 Å². The first-order valence-corrected chi connectivity index (χ1v) is 12.8. The van der Waals surface area contributed by atoms with Crippen LogP contribution in [0, 0.1) is 0 Å². The van der Waals surface area contributed by atoms with Gasteiger partial charge in [0.2, 0.25) is 0 Å². The number of rotatable bonds is 3. The van der Waals surface area contributed by atoms with E-state index in [4.69, 9.17) is 0 Å². The third-order valence-electron chi connectivity index (χ3n) is 7.64. The van der Waals surface area contributed by atoms with Crippen LogP contribution in [0.5, 0.6) is 5.75 Å². The van der Waals surface area contributed by atoms with E-state index < -0.39 is 11.7 Å². The van der Waals surface area contributed by atoms with Crippen LogP contribution >= 0.6 is 0 Å². The van der Waals surface area contributed by atoms with E-state index in [0.29, 0.717) is 11.3 Å². The second kappa shape index (κ2) is 8.98. The second-order valence-electron chi connectivity index (χ2n) is 10.7. The monoisotopic (exact) mass is 540 g/mol. The summed E-state index contributed by atoms with van der Waals surface area (Å²) >= 11 is 0. The van der Waals surface area contributed by atoms with Gasteiger partial charge in [-0.2, -0.15) is 13.2 Å². The summed E-state index contributed by atoms with van der Waals surface area (Å²) in [5.74, 6) is 0.441. The van der Waals surface area contributed by atoms with E-state index in [1.165, 1.54) is 6.07 Å². The first kappa shape index (κ1) is 25.7. The zero-order valence-electron chi connectivity index (χ0n) is 22.5. The quantitative estimate of drug-likeness (QED) is 0.250. The lowest BCUT2D eigenvalue weighted by atomic mass is 9.73. The zero-order chi connectivity index (χ0) is 28.4. The Bertz CT molecular complexity index is 1760. The van der Waals surface area contributed by atoms with E-state index in [1.807, 2.05) is 50.5 Å². The molecule has 0 amide bonds. The fourth-order valence-electron chi connectivity index (χ4n) is 5.53. The van der Waals surface area contributed by atoms with Crippen LogP contribution < -0.4 is 9.80 Å². The molecule has 5 nitrogen and oxygen atoms in total. The molecular weight excluding hydrogens is 513 g/mol. The molecule has 0 radical (unpaired) electrons. The summed E-state index contributed by atoms with van der Waals surface area (Å²) in [6, 6.07) is 23.0. The average molecular weight is 541 g/mol. The van der Waals surface area contributed by atoms with Gasteiger partial charge in [0.05, 0.1) is 22.6 Å². The first-order chi connectivity index (χ1) is 19.0. The third kappa shape index (κ3) is 4.02. The van der Waals surface area contributed by atoms with E-state index in [0.717, 1.165) is 46.1 Å². The number of hydrogen-bond donors (Lipinski definition) is 1. The number of halogens is 3. The van der Waals surface area contributed by atoms with Crippen molar-refractivity contribution >= 4 is 33.8 Å². The van der Waals surface area contributed by atoms with Crippen molar-refractivity contribution in [1.82, 2.24) is 9.97 Å². The maximum atomic E-state index is 13.6. The van der Waals surface area contributed by atoms with Crippen molar-refractivity contribution < 1.29 is 18.3 Å². The molecule has 0 saturated heterocycles. The highest BCUT2D eigenvalue weighted by molar-refractivity contribution is 5.91. The minimum atomic E-state index is -4.56. The van der Waals surface area contributed by atoms with Gasteiger partial charge in [-0.05, 0) is 65.7 Å². The first-order valence-electron chi connectivity index (χ1n) is 12.8. The van der Waals surface area contributed by atoms with Gasteiger partial charge in [-0.1, -0.05) is 38.1 Å². The van der Waals surface area contributed by atoms with E-state index in [1.54, 1.807) is 12.3 Å². The molecule has 0 bridgehead atoms. The zero-order valence-corrected chi connectivity index (χ0v) is 22.5. The maximum absolute atomic E-state index is 13.6. The molecule has 3 heterocycles. The molecule has 1 N–H and O–H groups in total. The van der Waals surface area contributed by atoms with Crippen LogP contribution in [-0.2, 0) is 11.6 Å². The number of nitrogens with zero attached hydrogens (tertiary/aromatic N) is 4. The van der Waals surface area contributed by atoms with Crippen LogP contribution in [0.25, 0.3) is 22.2 Å². The summed E-state index contributed by atoms with van der Waals surface area (Å²) in [6.45, 7) is 4.36. The third-order valence-corrected chi connectivity index (χ3v) is 7.64. The summed E-state index contributed by atoms with van der Waals surface area (Å²) < 4.78 is 40.8. The Morgan fingerprint density at radius 1 is 0.850 bits per heavy atom. The molecule has 0 atom stereocenters. The number of aromatic hydroxyl groups is 1. The molecule has 0 aliphatic carbocycles. The lowest BCUT2D eigenvalue weighted by Gasteiger charge is -2.42. The summed E-state index contributed by atoms with van der Waals surface area (Å²) in [5, 5.41) is 10.3. The van der Waals surface area contributed by atoms with E-state index in [2.05, 4.69) is 51.8 Å². The normalized spacial score (nSPS) is 14.1. The molecule has 0 unspecified atom stereocenters. The standard InChI is InChI=1S/C32H27F3N4O/c1-31(2)23-11-8-19(25-14-10-21-22(32(33,34)35)13-15-28(40)30(21)37-25)17-26(23)39(29-7-5-6-16-36-29)27-18-20(38(3)4)9-12-24(27)31/h5-18,40H,1-4H3. The van der Waals surface area contributed by atoms with Crippen LogP contribution in [0.15, 0.2) is 85.1 Å². The molecule has 6 rings (SSSR count). The van der Waals surface area contributed by atoms with Crippen molar-refractivity contribution in [3.05, 3.63) is 102 Å². The minimum absolute atomic E-state index is 0.0899. The fourth-order valence-corrected chi connectivity index (χ4v) is 5.53. The summed E-state index contributed by atoms with van der Waals surface area (Å²) in [7, 11) is 4.00. The Labute approximate surface area is 230 Å². The van der Waals surface area contributed by atoms with Crippen molar-refractivity contribution in [1.29, 1.82) is 0 Å². The molecule has 202 valence electrons. The Hall–Kier alpha value is -4.59. The van der Waals surface area contributed by atoms with E-state index in [9.17, 15) is 18.3 Å². The van der Waals surface area contributed by atoms with Crippen molar-refractivity contribution in [3.8, 4) is 17.0 Å². The number of hydrogen-bond acceptors (Lipinski definition) is 5. The average Bonchev–Trinajstić information content (AvgIpc) is 2.92. The molecule has 5 aromatic rings. The SMILES string of the molecule is CN(C)c1ccc2c(c1)N(c1ccccn1)c1cc(-c3ccc4c(C(F)(F)F)ccc(O)c4n3)ccc1C2(C)C. The lowest BCUT2D eigenvalue weighted by molar-refractivity contribution is -0.136. The van der Waals surface area contributed by atoms with Crippen molar-refractivity contribution in [2.75, 3.05) is 23.9 Å². The van der Waals surface area contributed by atoms with Crippen LogP contribution in [0.2, 0.25) is 0 Å². The minimum Gasteiger partial charge on any atom is -0.506 e. The highest BCUT2D eigenvalue weighted by Gasteiger charge is 2.38. The van der Waals surface area contributed by atoms with Crippen molar-refractivity contribution in [2.45, 2.75) is 25.4 Å². The fraction of sp³-hybridized carbons (Fsp3) is 0.188. The molecule has 1 aliphatic rings. The highest BCUT2D eigenvalue weighted by atomic mass is 19.4. The Morgan fingerprint density at radius 2 is 1.57 bits per heavy atom. The molecule has 8 heteroatoms. The van der Waals surface area contributed by atoms with Gasteiger partial charge in [-0.25, -0.2) is 9.97 Å². The molecule has 0 spiro atoms. The molecule has 2 aromatic heterocycles. The largest absolute Gasteiger partial charge is 0.506 e. The van der Waals surface area contributed by atoms with Gasteiger partial charge >= 0.3 is 6.18 Å². The maximum Gasteiger partial charge on any atom is 0.417 e. The van der Waals surface area contributed by atoms with Gasteiger partial charge in [0.1, 0.15) is 17.1 Å². The molecule has 0 saturated carbocycles. The van der Waals surface area contributed by atoms with Gasteiger partial charge in [0.25, 0.3) is 0 Å². The number of aromatic nitrogens is 2. The van der Waals surface area contributed by atoms with Crippen LogP contribution in [0.3, 0.4) is 0 Å². The number of pyridine rings is 2. The Kier molecular flexibility index (Phi) is 5.76. The molecular formula is C32H27F3N4O. The number of anilines is 4. The molecule has 0 fully saturated rings. The molecule has 3 aromatic carbocycles. The number of alkyl halides is 3. The highest BCUT2D eigenvalue weighted by Crippen LogP contribution is 2.53. The Balaban J connectivity index is 1.58. The predicted octanol–water partition coefficient (Wildman–Crippen LogP) is 8.20. The van der Waals surface area contributed by atoms with E-state index >= 15 is 0 Å². The van der Waals surface area contributed by atoms with Crippen LogP contribution in [0.4, 0.5) is 36.1 Å². The predicted molar refractivity (Wildman–Crippen MR) is 153 cm³/mol. The van der Waals surface area contributed by atoms with Gasteiger partial charge in [-0.3, -0.25) is 4.90 Å². The topological polar surface area (TPSA) is 52.5 Å². The van der Waals surface area contributed by atoms with Gasteiger partial charge in [-0.15, -0.1) is 0 Å². The van der Waals surface area contributed by atoms with Crippen molar-refractivity contribution in [2.24, 2.45) is 0 Å². The summed E-state index contributed by atoms with van der Waals surface area (Å²) in [6.07, 6.45) is -2.81. The van der Waals surface area contributed by atoms with Crippen LogP contribution in [-0.4, -0.2) is 29.2 Å². The lowest BCUT2D eigenvalue weighted by Crippen LogP contribution is -2.31. The molecule has 1 aliphatic heterocycles. The smallest absolute Gasteiger partial charge is 0.417 e. The van der Waals surface area contributed by atoms with Gasteiger partial charge in [0, 0.05) is 42.3 Å². The Morgan fingerprint density at radius 3 is 2.25 bits per heavy atom. The number of benzene rings is 3. The molecule has 40 heavy (non-hydrogen) atoms. The van der Waals surface area contributed by atoms with Gasteiger partial charge < -0.3 is 10.0 Å². The van der Waals surface area contributed by atoms with Crippen LogP contribution in [0.1, 0.15) is 30.5 Å². The number of fused-ring (bicyclic) bond motifs is 3. The number of phenolic OH excluding ortho intramolecular Hbond substituents is 1. The summed E-state index contributed by atoms with van der Waals surface area (Å²) in [5.41, 5.74) is 5.08. The van der Waals surface area contributed by atoms with Gasteiger partial charge in [0.15, 0.2) is 0 Å². The number of phenols is 1. The van der Waals surface area contributed by atoms with Crippen molar-refractivity contribution in [3.63, 3.8) is 0 Å². The second-order valence-corrected chi connectivity index (χ2v) is 10.7. The summed E-state index contributed by atoms with van der Waals surface area (Å²) in [4.78, 5) is 13.3.